The van der Waals surface area contributed by atoms with Gasteiger partial charge in [0.05, 0.1) is 23.4 Å². The van der Waals surface area contributed by atoms with Crippen molar-refractivity contribution in [3.05, 3.63) is 43.7 Å². The van der Waals surface area contributed by atoms with Crippen molar-refractivity contribution in [1.29, 1.82) is 0 Å². The van der Waals surface area contributed by atoms with E-state index in [2.05, 4.69) is 33.5 Å². The minimum absolute atomic E-state index is 0.330. The molecule has 1 atom stereocenters. The summed E-state index contributed by atoms with van der Waals surface area (Å²) >= 11 is 16.6. The van der Waals surface area contributed by atoms with Crippen molar-refractivity contribution >= 4 is 72.9 Å². The van der Waals surface area contributed by atoms with Gasteiger partial charge in [-0.15, -0.1) is 11.3 Å². The standard InChI is InChI=1S/C18H18BrClN2O2S2/c1-9-3-5-11-14(7-9)26-16(15(11)17(23)24-2)22-18(25)21-13-6-4-10(19)8-12(13)20/h4,6,8-9H,3,5,7H2,1-2H3,(H2,21,22,25). The number of hydrogen-bond donors (Lipinski definition) is 2. The second-order valence-electron chi connectivity index (χ2n) is 6.25. The molecule has 1 aromatic carbocycles. The number of thiophene rings is 1. The molecule has 0 saturated heterocycles. The molecule has 1 aliphatic carbocycles. The summed E-state index contributed by atoms with van der Waals surface area (Å²) in [7, 11) is 1.40. The number of ether oxygens (including phenoxy) is 1. The molecule has 0 aliphatic heterocycles. The Bertz CT molecular complexity index is 869. The molecule has 2 aromatic rings. The first kappa shape index (κ1) is 19.6. The highest BCUT2D eigenvalue weighted by Gasteiger charge is 2.28. The predicted octanol–water partition coefficient (Wildman–Crippen LogP) is 5.88. The summed E-state index contributed by atoms with van der Waals surface area (Å²) in [5, 5.41) is 7.89. The lowest BCUT2D eigenvalue weighted by Crippen LogP contribution is -2.20. The Morgan fingerprint density at radius 3 is 2.88 bits per heavy atom. The summed E-state index contributed by atoms with van der Waals surface area (Å²) in [5.74, 6) is 0.287. The van der Waals surface area contributed by atoms with E-state index in [1.54, 1.807) is 17.4 Å². The Kier molecular flexibility index (Phi) is 6.22. The third kappa shape index (κ3) is 4.22. The quantitative estimate of drug-likeness (QED) is 0.430. The monoisotopic (exact) mass is 472 g/mol. The van der Waals surface area contributed by atoms with Gasteiger partial charge < -0.3 is 15.4 Å². The maximum Gasteiger partial charge on any atom is 0.341 e. The smallest absolute Gasteiger partial charge is 0.341 e. The van der Waals surface area contributed by atoms with Crippen molar-refractivity contribution in [3.63, 3.8) is 0 Å². The average molecular weight is 474 g/mol. The van der Waals surface area contributed by atoms with E-state index in [0.29, 0.717) is 27.3 Å². The lowest BCUT2D eigenvalue weighted by atomic mass is 9.88. The zero-order valence-corrected chi connectivity index (χ0v) is 18.3. The van der Waals surface area contributed by atoms with E-state index in [4.69, 9.17) is 28.6 Å². The lowest BCUT2D eigenvalue weighted by molar-refractivity contribution is 0.0601. The lowest BCUT2D eigenvalue weighted by Gasteiger charge is -2.18. The van der Waals surface area contributed by atoms with Crippen LogP contribution in [0.4, 0.5) is 10.7 Å². The van der Waals surface area contributed by atoms with Crippen molar-refractivity contribution in [2.24, 2.45) is 5.92 Å². The summed E-state index contributed by atoms with van der Waals surface area (Å²) in [6.45, 7) is 2.23. The highest BCUT2D eigenvalue weighted by molar-refractivity contribution is 9.10. The molecule has 1 aromatic heterocycles. The molecule has 4 nitrogen and oxygen atoms in total. The van der Waals surface area contributed by atoms with Crippen molar-refractivity contribution < 1.29 is 9.53 Å². The summed E-state index contributed by atoms with van der Waals surface area (Å²) in [6.07, 6.45) is 2.94. The van der Waals surface area contributed by atoms with Crippen LogP contribution in [0.3, 0.4) is 0 Å². The summed E-state index contributed by atoms with van der Waals surface area (Å²) < 4.78 is 5.89. The van der Waals surface area contributed by atoms with E-state index in [0.717, 1.165) is 34.3 Å². The molecular formula is C18H18BrClN2O2S2. The van der Waals surface area contributed by atoms with Crippen molar-refractivity contribution in [2.75, 3.05) is 17.7 Å². The molecule has 138 valence electrons. The molecular weight excluding hydrogens is 456 g/mol. The topological polar surface area (TPSA) is 50.4 Å². The van der Waals surface area contributed by atoms with E-state index in [1.165, 1.54) is 12.0 Å². The number of anilines is 2. The van der Waals surface area contributed by atoms with Gasteiger partial charge in [0.2, 0.25) is 0 Å². The fraction of sp³-hybridized carbons (Fsp3) is 0.333. The van der Waals surface area contributed by atoms with E-state index in [-0.39, 0.29) is 5.97 Å². The van der Waals surface area contributed by atoms with Gasteiger partial charge in [0.25, 0.3) is 0 Å². The second kappa shape index (κ2) is 8.25. The zero-order valence-electron chi connectivity index (χ0n) is 14.3. The molecule has 8 heteroatoms. The Morgan fingerprint density at radius 1 is 1.42 bits per heavy atom. The number of thiocarbonyl (C=S) groups is 1. The summed E-state index contributed by atoms with van der Waals surface area (Å²) in [6, 6.07) is 5.50. The fourth-order valence-electron chi connectivity index (χ4n) is 3.00. The fourth-order valence-corrected chi connectivity index (χ4v) is 5.40. The zero-order chi connectivity index (χ0) is 18.8. The van der Waals surface area contributed by atoms with E-state index in [9.17, 15) is 4.79 Å². The first-order chi connectivity index (χ1) is 12.4. The van der Waals surface area contributed by atoms with Gasteiger partial charge in [-0.2, -0.15) is 0 Å². The van der Waals surface area contributed by atoms with Gasteiger partial charge in [-0.05, 0) is 61.2 Å². The van der Waals surface area contributed by atoms with Gasteiger partial charge in [0.1, 0.15) is 5.00 Å². The number of fused-ring (bicyclic) bond motifs is 1. The molecule has 1 heterocycles. The van der Waals surface area contributed by atoms with Crippen molar-refractivity contribution in [2.45, 2.75) is 26.2 Å². The minimum Gasteiger partial charge on any atom is -0.465 e. The van der Waals surface area contributed by atoms with E-state index < -0.39 is 0 Å². The van der Waals surface area contributed by atoms with Crippen LogP contribution in [0.2, 0.25) is 5.02 Å². The van der Waals surface area contributed by atoms with E-state index >= 15 is 0 Å². The Labute approximate surface area is 175 Å². The van der Waals surface area contributed by atoms with Crippen LogP contribution < -0.4 is 10.6 Å². The molecule has 1 aliphatic rings. The third-order valence-electron chi connectivity index (χ3n) is 4.31. The molecule has 3 rings (SSSR count). The Balaban J connectivity index is 1.84. The number of methoxy groups -OCH3 is 1. The van der Waals surface area contributed by atoms with Gasteiger partial charge in [0.15, 0.2) is 5.11 Å². The van der Waals surface area contributed by atoms with Crippen molar-refractivity contribution in [3.8, 4) is 0 Å². The maximum absolute atomic E-state index is 12.3. The van der Waals surface area contributed by atoms with Gasteiger partial charge >= 0.3 is 5.97 Å². The van der Waals surface area contributed by atoms with Crippen LogP contribution in [0, 0.1) is 5.92 Å². The normalized spacial score (nSPS) is 15.9. The number of esters is 1. The number of benzene rings is 1. The second-order valence-corrected chi connectivity index (χ2v) is 9.09. The van der Waals surface area contributed by atoms with Crippen LogP contribution in [0.25, 0.3) is 0 Å². The first-order valence-electron chi connectivity index (χ1n) is 8.15. The number of rotatable bonds is 3. The number of hydrogen-bond acceptors (Lipinski definition) is 4. The Morgan fingerprint density at radius 2 is 2.19 bits per heavy atom. The summed E-state index contributed by atoms with van der Waals surface area (Å²) in [4.78, 5) is 13.6. The molecule has 0 bridgehead atoms. The van der Waals surface area contributed by atoms with Crippen molar-refractivity contribution in [1.82, 2.24) is 0 Å². The number of nitrogens with one attached hydrogen (secondary N) is 2. The largest absolute Gasteiger partial charge is 0.465 e. The van der Waals surface area contributed by atoms with Gasteiger partial charge in [0, 0.05) is 9.35 Å². The van der Waals surface area contributed by atoms with Crippen LogP contribution in [0.15, 0.2) is 22.7 Å². The maximum atomic E-state index is 12.3. The number of carbonyl (C=O) groups excluding carboxylic acids is 1. The minimum atomic E-state index is -0.330. The van der Waals surface area contributed by atoms with Gasteiger partial charge in [-0.1, -0.05) is 34.5 Å². The van der Waals surface area contributed by atoms with Crippen LogP contribution >= 0.6 is 51.1 Å². The SMILES string of the molecule is COC(=O)c1c(NC(=S)Nc2ccc(Br)cc2Cl)sc2c1CCC(C)C2. The number of halogens is 2. The highest BCUT2D eigenvalue weighted by Crippen LogP contribution is 2.40. The summed E-state index contributed by atoms with van der Waals surface area (Å²) in [5.41, 5.74) is 2.39. The van der Waals surface area contributed by atoms with E-state index in [1.807, 2.05) is 12.1 Å². The van der Waals surface area contributed by atoms with Crippen LogP contribution in [-0.4, -0.2) is 18.2 Å². The highest BCUT2D eigenvalue weighted by atomic mass is 79.9. The first-order valence-corrected chi connectivity index (χ1v) is 10.5. The molecule has 26 heavy (non-hydrogen) atoms. The molecule has 0 radical (unpaired) electrons. The van der Waals surface area contributed by atoms with Gasteiger partial charge in [-0.3, -0.25) is 0 Å². The molecule has 0 fully saturated rings. The molecule has 0 saturated carbocycles. The Hall–Kier alpha value is -1.15. The molecule has 0 spiro atoms. The average Bonchev–Trinajstić information content (AvgIpc) is 2.93. The molecule has 1 unspecified atom stereocenters. The van der Waals surface area contributed by atoms with Crippen LogP contribution in [0.5, 0.6) is 0 Å². The van der Waals surface area contributed by atoms with Crippen LogP contribution in [0.1, 0.15) is 34.1 Å². The number of carbonyl (C=O) groups is 1. The van der Waals surface area contributed by atoms with Gasteiger partial charge in [-0.25, -0.2) is 4.79 Å². The third-order valence-corrected chi connectivity index (χ3v) is 6.49. The molecule has 2 N–H and O–H groups in total. The van der Waals surface area contributed by atoms with Crippen LogP contribution in [-0.2, 0) is 17.6 Å². The molecule has 0 amide bonds. The predicted molar refractivity (Wildman–Crippen MR) is 116 cm³/mol.